The van der Waals surface area contributed by atoms with Gasteiger partial charge in [0.1, 0.15) is 0 Å². The number of urea groups is 1. The minimum atomic E-state index is -0.0858. The molecule has 1 N–H and O–H groups in total. The molecular formula is C16H23N3O2. The van der Waals surface area contributed by atoms with Crippen LogP contribution in [-0.4, -0.2) is 42.4 Å². The van der Waals surface area contributed by atoms with Gasteiger partial charge in [0.25, 0.3) is 0 Å². The maximum Gasteiger partial charge on any atom is 0.317 e. The van der Waals surface area contributed by atoms with Gasteiger partial charge >= 0.3 is 6.03 Å². The van der Waals surface area contributed by atoms with Crippen LogP contribution in [0.3, 0.4) is 0 Å². The summed E-state index contributed by atoms with van der Waals surface area (Å²) in [4.78, 5) is 18.9. The quantitative estimate of drug-likeness (QED) is 0.926. The summed E-state index contributed by atoms with van der Waals surface area (Å²) in [6.45, 7) is 6.46. The molecule has 114 valence electrons. The highest BCUT2D eigenvalue weighted by Crippen LogP contribution is 2.17. The first-order valence-electron chi connectivity index (χ1n) is 7.27. The molecular weight excluding hydrogens is 266 g/mol. The first kappa shape index (κ1) is 15.4. The summed E-state index contributed by atoms with van der Waals surface area (Å²) in [6, 6.07) is 8.27. The van der Waals surface area contributed by atoms with Crippen molar-refractivity contribution in [2.45, 2.75) is 39.3 Å². The standard InChI is InChI=1S/C16H23N3O2/c1-11(2)17-16(20)19(4)10-14-9-15(18-21-14)13-7-5-12(3)6-8-13/h5-8,11,14H,9-10H2,1-4H3,(H,17,20)/t14-/m1/s1. The lowest BCUT2D eigenvalue weighted by Crippen LogP contribution is -2.43. The molecule has 0 saturated carbocycles. The molecule has 0 bridgehead atoms. The van der Waals surface area contributed by atoms with Crippen LogP contribution in [0.25, 0.3) is 0 Å². The molecule has 5 heteroatoms. The topological polar surface area (TPSA) is 53.9 Å². The molecule has 0 spiro atoms. The number of amides is 2. The zero-order chi connectivity index (χ0) is 15.4. The van der Waals surface area contributed by atoms with E-state index in [1.807, 2.05) is 13.8 Å². The SMILES string of the molecule is Cc1ccc(C2=NO[C@@H](CN(C)C(=O)NC(C)C)C2)cc1. The zero-order valence-corrected chi connectivity index (χ0v) is 13.1. The van der Waals surface area contributed by atoms with Crippen LogP contribution in [0.15, 0.2) is 29.4 Å². The molecule has 1 atom stereocenters. The molecule has 1 aromatic rings. The molecule has 2 amide bonds. The fraction of sp³-hybridized carbons (Fsp3) is 0.500. The van der Waals surface area contributed by atoms with E-state index in [4.69, 9.17) is 4.84 Å². The number of nitrogens with zero attached hydrogens (tertiary/aromatic N) is 2. The van der Waals surface area contributed by atoms with Crippen LogP contribution in [0, 0.1) is 6.92 Å². The van der Waals surface area contributed by atoms with E-state index < -0.39 is 0 Å². The Morgan fingerprint density at radius 1 is 1.43 bits per heavy atom. The molecule has 21 heavy (non-hydrogen) atoms. The number of benzene rings is 1. The van der Waals surface area contributed by atoms with Crippen LogP contribution < -0.4 is 5.32 Å². The predicted octanol–water partition coefficient (Wildman–Crippen LogP) is 2.54. The van der Waals surface area contributed by atoms with Gasteiger partial charge in [-0.3, -0.25) is 0 Å². The summed E-state index contributed by atoms with van der Waals surface area (Å²) in [7, 11) is 1.77. The van der Waals surface area contributed by atoms with Crippen molar-refractivity contribution in [2.24, 2.45) is 5.16 Å². The fourth-order valence-corrected chi connectivity index (χ4v) is 2.19. The molecule has 1 aromatic carbocycles. The Hall–Kier alpha value is -2.04. The molecule has 5 nitrogen and oxygen atoms in total. The lowest BCUT2D eigenvalue weighted by molar-refractivity contribution is 0.0655. The molecule has 2 rings (SSSR count). The second-order valence-electron chi connectivity index (χ2n) is 5.82. The number of likely N-dealkylation sites (N-methyl/N-ethyl adjacent to an activating group) is 1. The van der Waals surface area contributed by atoms with Crippen molar-refractivity contribution >= 4 is 11.7 Å². The molecule has 0 saturated heterocycles. The van der Waals surface area contributed by atoms with Gasteiger partial charge in [-0.2, -0.15) is 0 Å². The number of carbonyl (C=O) groups is 1. The summed E-state index contributed by atoms with van der Waals surface area (Å²) in [5.74, 6) is 0. The van der Waals surface area contributed by atoms with Crippen LogP contribution in [0.2, 0.25) is 0 Å². The van der Waals surface area contributed by atoms with Crippen molar-refractivity contribution in [3.05, 3.63) is 35.4 Å². The number of oxime groups is 1. The average Bonchev–Trinajstić information content (AvgIpc) is 2.87. The third-order valence-corrected chi connectivity index (χ3v) is 3.35. The molecule has 0 aromatic heterocycles. The Kier molecular flexibility index (Phi) is 4.83. The Balaban J connectivity index is 1.87. The number of carbonyl (C=O) groups excluding carboxylic acids is 1. The highest BCUT2D eigenvalue weighted by Gasteiger charge is 2.25. The van der Waals surface area contributed by atoms with Crippen molar-refractivity contribution in [3.63, 3.8) is 0 Å². The highest BCUT2D eigenvalue weighted by atomic mass is 16.6. The summed E-state index contributed by atoms with van der Waals surface area (Å²) in [6.07, 6.45) is 0.645. The van der Waals surface area contributed by atoms with Gasteiger partial charge in [0.15, 0.2) is 6.10 Å². The second kappa shape index (κ2) is 6.61. The Morgan fingerprint density at radius 3 is 2.71 bits per heavy atom. The first-order chi connectivity index (χ1) is 9.95. The van der Waals surface area contributed by atoms with Crippen LogP contribution in [0.1, 0.15) is 31.4 Å². The average molecular weight is 289 g/mol. The van der Waals surface area contributed by atoms with Crippen LogP contribution in [-0.2, 0) is 4.84 Å². The summed E-state index contributed by atoms with van der Waals surface area (Å²) in [5, 5.41) is 7.01. The second-order valence-corrected chi connectivity index (χ2v) is 5.82. The van der Waals surface area contributed by atoms with Gasteiger partial charge in [-0.1, -0.05) is 35.0 Å². The van der Waals surface area contributed by atoms with E-state index in [0.29, 0.717) is 6.54 Å². The summed E-state index contributed by atoms with van der Waals surface area (Å²) >= 11 is 0. The van der Waals surface area contributed by atoms with Gasteiger partial charge in [0, 0.05) is 19.5 Å². The van der Waals surface area contributed by atoms with Gasteiger partial charge in [-0.25, -0.2) is 4.79 Å². The predicted molar refractivity (Wildman–Crippen MR) is 83.5 cm³/mol. The van der Waals surface area contributed by atoms with E-state index in [1.54, 1.807) is 11.9 Å². The largest absolute Gasteiger partial charge is 0.390 e. The van der Waals surface area contributed by atoms with E-state index >= 15 is 0 Å². The number of hydrogen-bond donors (Lipinski definition) is 1. The van der Waals surface area contributed by atoms with Gasteiger partial charge in [0.05, 0.1) is 12.3 Å². The zero-order valence-electron chi connectivity index (χ0n) is 13.1. The molecule has 0 fully saturated rings. The molecule has 1 aliphatic heterocycles. The van der Waals surface area contributed by atoms with Crippen molar-refractivity contribution in [1.82, 2.24) is 10.2 Å². The molecule has 1 heterocycles. The third-order valence-electron chi connectivity index (χ3n) is 3.35. The fourth-order valence-electron chi connectivity index (χ4n) is 2.19. The number of nitrogens with one attached hydrogen (secondary N) is 1. The minimum Gasteiger partial charge on any atom is -0.390 e. The number of aryl methyl sites for hydroxylation is 1. The van der Waals surface area contributed by atoms with Crippen LogP contribution in [0.5, 0.6) is 0 Å². The normalized spacial score (nSPS) is 17.4. The van der Waals surface area contributed by atoms with Crippen LogP contribution in [0.4, 0.5) is 4.79 Å². The third kappa shape index (κ3) is 4.21. The lowest BCUT2D eigenvalue weighted by atomic mass is 10.0. The van der Waals surface area contributed by atoms with E-state index in [0.717, 1.165) is 17.7 Å². The smallest absolute Gasteiger partial charge is 0.317 e. The van der Waals surface area contributed by atoms with E-state index in [9.17, 15) is 4.79 Å². The monoisotopic (exact) mass is 289 g/mol. The van der Waals surface area contributed by atoms with Crippen molar-refractivity contribution < 1.29 is 9.63 Å². The number of hydrogen-bond acceptors (Lipinski definition) is 3. The van der Waals surface area contributed by atoms with E-state index in [1.165, 1.54) is 5.56 Å². The first-order valence-corrected chi connectivity index (χ1v) is 7.27. The number of rotatable bonds is 4. The Labute approximate surface area is 126 Å². The molecule has 1 aliphatic rings. The molecule has 0 radical (unpaired) electrons. The minimum absolute atomic E-state index is 0.0794. The molecule has 0 unspecified atom stereocenters. The summed E-state index contributed by atoms with van der Waals surface area (Å²) in [5.41, 5.74) is 3.25. The van der Waals surface area contributed by atoms with E-state index in [-0.39, 0.29) is 18.2 Å². The summed E-state index contributed by atoms with van der Waals surface area (Å²) < 4.78 is 0. The van der Waals surface area contributed by atoms with Crippen molar-refractivity contribution in [1.29, 1.82) is 0 Å². The van der Waals surface area contributed by atoms with Crippen molar-refractivity contribution in [3.8, 4) is 0 Å². The lowest BCUT2D eigenvalue weighted by Gasteiger charge is -2.21. The van der Waals surface area contributed by atoms with Gasteiger partial charge < -0.3 is 15.1 Å². The Morgan fingerprint density at radius 2 is 2.10 bits per heavy atom. The maximum absolute atomic E-state index is 11.9. The molecule has 0 aliphatic carbocycles. The van der Waals surface area contributed by atoms with Gasteiger partial charge in [-0.15, -0.1) is 0 Å². The highest BCUT2D eigenvalue weighted by molar-refractivity contribution is 6.01. The van der Waals surface area contributed by atoms with E-state index in [2.05, 4.69) is 41.7 Å². The van der Waals surface area contributed by atoms with Crippen LogP contribution >= 0.6 is 0 Å². The Bertz CT molecular complexity index is 523. The van der Waals surface area contributed by atoms with Crippen molar-refractivity contribution in [2.75, 3.05) is 13.6 Å². The van der Waals surface area contributed by atoms with Gasteiger partial charge in [0.2, 0.25) is 0 Å². The van der Waals surface area contributed by atoms with Gasteiger partial charge in [-0.05, 0) is 26.3 Å². The maximum atomic E-state index is 11.9.